The summed E-state index contributed by atoms with van der Waals surface area (Å²) in [6, 6.07) is 0. The molecule has 1 fully saturated rings. The van der Waals surface area contributed by atoms with E-state index in [9.17, 15) is 9.59 Å². The normalized spacial score (nSPS) is 26.6. The molecule has 3 aliphatic heterocycles. The molecular weight excluding hydrogens is 270 g/mol. The van der Waals surface area contributed by atoms with Crippen LogP contribution in [0.3, 0.4) is 0 Å². The average molecular weight is 285 g/mol. The molecule has 0 saturated carbocycles. The summed E-state index contributed by atoms with van der Waals surface area (Å²) in [5.41, 5.74) is 0. The van der Waals surface area contributed by atoms with E-state index in [4.69, 9.17) is 9.47 Å². The number of hydrogen-bond donors (Lipinski definition) is 2. The molecule has 0 aliphatic carbocycles. The summed E-state index contributed by atoms with van der Waals surface area (Å²) in [6.07, 6.45) is -1.10. The molecule has 1 atom stereocenters. The number of hydrogen-bond acceptors (Lipinski definition) is 6. The fraction of sp³-hybridized carbons (Fsp3) is 0.636. The third-order valence-electron chi connectivity index (χ3n) is 3.11. The van der Waals surface area contributed by atoms with E-state index in [1.54, 1.807) is 4.90 Å². The number of thioether (sulfide) groups is 1. The lowest BCUT2D eigenvalue weighted by atomic mass is 10.4. The first-order valence-electron chi connectivity index (χ1n) is 6.22. The molecule has 2 amide bonds. The molecule has 0 aromatic carbocycles. The van der Waals surface area contributed by atoms with E-state index < -0.39 is 12.3 Å². The standard InChI is InChI=1S/C11H15N3O4S/c15-9-7-8(19-6-5-17-7)10(13-9)18-11(16)14-3-1-12-2-4-14/h10,12H,1-6H2,(H,13,15). The van der Waals surface area contributed by atoms with Crippen molar-refractivity contribution in [1.29, 1.82) is 0 Å². The molecule has 2 N–H and O–H groups in total. The van der Waals surface area contributed by atoms with Gasteiger partial charge in [-0.15, -0.1) is 11.8 Å². The molecule has 7 nitrogen and oxygen atoms in total. The number of piperazine rings is 1. The van der Waals surface area contributed by atoms with Crippen molar-refractivity contribution in [1.82, 2.24) is 15.5 Å². The topological polar surface area (TPSA) is 79.9 Å². The number of ether oxygens (including phenoxy) is 2. The van der Waals surface area contributed by atoms with Crippen LogP contribution in [-0.4, -0.2) is 61.7 Å². The fourth-order valence-corrected chi connectivity index (χ4v) is 3.09. The van der Waals surface area contributed by atoms with Crippen LogP contribution in [0.4, 0.5) is 4.79 Å². The van der Waals surface area contributed by atoms with E-state index in [2.05, 4.69) is 10.6 Å². The second-order valence-corrected chi connectivity index (χ2v) is 5.50. The van der Waals surface area contributed by atoms with Gasteiger partial charge in [0.15, 0.2) is 5.76 Å². The number of carbonyl (C=O) groups is 2. The van der Waals surface area contributed by atoms with Crippen molar-refractivity contribution < 1.29 is 19.1 Å². The molecule has 3 aliphatic rings. The van der Waals surface area contributed by atoms with Gasteiger partial charge >= 0.3 is 6.09 Å². The lowest BCUT2D eigenvalue weighted by Gasteiger charge is -2.28. The second kappa shape index (κ2) is 5.30. The Balaban J connectivity index is 1.65. The monoisotopic (exact) mass is 285 g/mol. The highest BCUT2D eigenvalue weighted by atomic mass is 32.2. The Morgan fingerprint density at radius 3 is 3.00 bits per heavy atom. The fourth-order valence-electron chi connectivity index (χ4n) is 2.16. The van der Waals surface area contributed by atoms with Crippen LogP contribution in [0.2, 0.25) is 0 Å². The van der Waals surface area contributed by atoms with Gasteiger partial charge in [0.25, 0.3) is 5.91 Å². The van der Waals surface area contributed by atoms with E-state index >= 15 is 0 Å². The number of rotatable bonds is 1. The zero-order valence-corrected chi connectivity index (χ0v) is 11.1. The van der Waals surface area contributed by atoms with E-state index in [1.807, 2.05) is 0 Å². The smallest absolute Gasteiger partial charge is 0.412 e. The van der Waals surface area contributed by atoms with Crippen molar-refractivity contribution in [2.45, 2.75) is 6.23 Å². The maximum Gasteiger partial charge on any atom is 0.412 e. The van der Waals surface area contributed by atoms with Crippen molar-refractivity contribution in [3.05, 3.63) is 10.7 Å². The molecule has 0 bridgehead atoms. The Hall–Kier alpha value is -1.41. The molecule has 3 rings (SSSR count). The van der Waals surface area contributed by atoms with Crippen molar-refractivity contribution in [2.24, 2.45) is 0 Å². The minimum Gasteiger partial charge on any atom is -0.486 e. The number of nitrogens with zero attached hydrogens (tertiary/aromatic N) is 1. The van der Waals surface area contributed by atoms with Gasteiger partial charge in [-0.05, 0) is 0 Å². The molecule has 0 spiro atoms. The molecule has 0 aromatic heterocycles. The highest BCUT2D eigenvalue weighted by Gasteiger charge is 2.38. The van der Waals surface area contributed by atoms with Crippen LogP contribution >= 0.6 is 11.8 Å². The summed E-state index contributed by atoms with van der Waals surface area (Å²) in [6.45, 7) is 3.27. The molecule has 1 saturated heterocycles. The largest absolute Gasteiger partial charge is 0.486 e. The Morgan fingerprint density at radius 2 is 2.21 bits per heavy atom. The van der Waals surface area contributed by atoms with Gasteiger partial charge in [0.2, 0.25) is 6.23 Å². The van der Waals surface area contributed by atoms with E-state index in [0.29, 0.717) is 30.4 Å². The molecule has 0 aromatic rings. The third-order valence-corrected chi connectivity index (χ3v) is 4.19. The minimum absolute atomic E-state index is 0.300. The van der Waals surface area contributed by atoms with Gasteiger partial charge in [0.05, 0.1) is 11.5 Å². The summed E-state index contributed by atoms with van der Waals surface area (Å²) < 4.78 is 10.7. The molecule has 0 radical (unpaired) electrons. The zero-order valence-electron chi connectivity index (χ0n) is 10.3. The van der Waals surface area contributed by atoms with Crippen molar-refractivity contribution in [2.75, 3.05) is 38.5 Å². The van der Waals surface area contributed by atoms with Gasteiger partial charge in [0, 0.05) is 31.9 Å². The van der Waals surface area contributed by atoms with Gasteiger partial charge < -0.3 is 25.0 Å². The maximum absolute atomic E-state index is 12.0. The molecule has 19 heavy (non-hydrogen) atoms. The Labute approximate surface area is 114 Å². The third kappa shape index (κ3) is 2.50. The summed E-state index contributed by atoms with van der Waals surface area (Å²) in [4.78, 5) is 26.0. The average Bonchev–Trinajstić information content (AvgIpc) is 2.77. The van der Waals surface area contributed by atoms with Gasteiger partial charge in [-0.2, -0.15) is 0 Å². The number of carbonyl (C=O) groups excluding carboxylic acids is 2. The zero-order chi connectivity index (χ0) is 13.2. The SMILES string of the molecule is O=C1NC(OC(=O)N2CCNCC2)C2=C1OCCS2. The molecule has 104 valence electrons. The highest BCUT2D eigenvalue weighted by molar-refractivity contribution is 8.03. The lowest BCUT2D eigenvalue weighted by Crippen LogP contribution is -2.48. The van der Waals surface area contributed by atoms with E-state index in [1.165, 1.54) is 11.8 Å². The second-order valence-electron chi connectivity index (χ2n) is 4.36. The molecule has 8 heteroatoms. The van der Waals surface area contributed by atoms with E-state index in [0.717, 1.165) is 18.8 Å². The summed E-state index contributed by atoms with van der Waals surface area (Å²) in [5, 5.41) is 5.78. The van der Waals surface area contributed by atoms with Crippen LogP contribution in [0.1, 0.15) is 0 Å². The van der Waals surface area contributed by atoms with Crippen LogP contribution in [0, 0.1) is 0 Å². The van der Waals surface area contributed by atoms with Crippen molar-refractivity contribution >= 4 is 23.8 Å². The highest BCUT2D eigenvalue weighted by Crippen LogP contribution is 2.33. The predicted molar refractivity (Wildman–Crippen MR) is 68.3 cm³/mol. The summed E-state index contributed by atoms with van der Waals surface area (Å²) in [5.74, 6) is 0.754. The quantitative estimate of drug-likeness (QED) is 0.673. The van der Waals surface area contributed by atoms with Crippen LogP contribution in [0.25, 0.3) is 0 Å². The van der Waals surface area contributed by atoms with Crippen molar-refractivity contribution in [3.63, 3.8) is 0 Å². The first-order valence-corrected chi connectivity index (χ1v) is 7.21. The predicted octanol–water partition coefficient (Wildman–Crippen LogP) is -0.541. The number of nitrogens with one attached hydrogen (secondary N) is 2. The molecule has 1 unspecified atom stereocenters. The van der Waals surface area contributed by atoms with Crippen molar-refractivity contribution in [3.8, 4) is 0 Å². The number of amides is 2. The molecular formula is C11H15N3O4S. The summed E-state index contributed by atoms with van der Waals surface area (Å²) >= 11 is 1.50. The minimum atomic E-state index is -0.699. The Kier molecular flexibility index (Phi) is 3.52. The maximum atomic E-state index is 12.0. The van der Waals surface area contributed by atoms with Crippen LogP contribution in [-0.2, 0) is 14.3 Å². The lowest BCUT2D eigenvalue weighted by molar-refractivity contribution is -0.121. The van der Waals surface area contributed by atoms with Gasteiger partial charge in [-0.3, -0.25) is 4.79 Å². The Bertz CT molecular complexity index is 434. The van der Waals surface area contributed by atoms with Gasteiger partial charge in [0.1, 0.15) is 0 Å². The van der Waals surface area contributed by atoms with Crippen LogP contribution < -0.4 is 10.6 Å². The van der Waals surface area contributed by atoms with Gasteiger partial charge in [-0.1, -0.05) is 0 Å². The molecule has 3 heterocycles. The summed E-state index contributed by atoms with van der Waals surface area (Å²) in [7, 11) is 0. The Morgan fingerprint density at radius 1 is 1.42 bits per heavy atom. The van der Waals surface area contributed by atoms with Gasteiger partial charge in [-0.25, -0.2) is 4.79 Å². The van der Waals surface area contributed by atoms with Crippen LogP contribution in [0.5, 0.6) is 0 Å². The first kappa shape index (κ1) is 12.6. The first-order chi connectivity index (χ1) is 9.25. The van der Waals surface area contributed by atoms with Crippen LogP contribution in [0.15, 0.2) is 10.7 Å². The van der Waals surface area contributed by atoms with E-state index in [-0.39, 0.29) is 5.91 Å².